The molecule has 2 aromatic carbocycles. The topological polar surface area (TPSA) is 69.6 Å². The Kier molecular flexibility index (Phi) is 7.84. The van der Waals surface area contributed by atoms with E-state index < -0.39 is 0 Å². The third kappa shape index (κ3) is 6.00. The fourth-order valence-electron chi connectivity index (χ4n) is 4.52. The zero-order valence-electron chi connectivity index (χ0n) is 20.1. The lowest BCUT2D eigenvalue weighted by molar-refractivity contribution is -0.131. The summed E-state index contributed by atoms with van der Waals surface area (Å²) in [6, 6.07) is 16.3. The van der Waals surface area contributed by atoms with Gasteiger partial charge in [-0.25, -0.2) is 0 Å². The molecular formula is C27H26Cl3N5O2. The Morgan fingerprint density at radius 2 is 1.70 bits per heavy atom. The molecule has 0 radical (unpaired) electrons. The summed E-state index contributed by atoms with van der Waals surface area (Å²) in [6.07, 6.45) is 2.57. The van der Waals surface area contributed by atoms with Crippen molar-refractivity contribution in [3.8, 4) is 11.3 Å². The Morgan fingerprint density at radius 3 is 2.41 bits per heavy atom. The van der Waals surface area contributed by atoms with Gasteiger partial charge < -0.3 is 14.7 Å². The van der Waals surface area contributed by atoms with E-state index in [1.807, 2.05) is 41.3 Å². The molecule has 1 saturated carbocycles. The first-order valence-corrected chi connectivity index (χ1v) is 13.4. The Balaban J connectivity index is 1.22. The number of anilines is 1. The molecule has 37 heavy (non-hydrogen) atoms. The van der Waals surface area contributed by atoms with Crippen molar-refractivity contribution in [2.45, 2.75) is 25.3 Å². The van der Waals surface area contributed by atoms with Gasteiger partial charge in [-0.15, -0.1) is 10.2 Å². The Bertz CT molecular complexity index is 1300. The normalized spacial score (nSPS) is 15.9. The van der Waals surface area contributed by atoms with Gasteiger partial charge in [0.25, 0.3) is 5.91 Å². The Hall–Kier alpha value is -2.87. The minimum absolute atomic E-state index is 0.0365. The number of hydrogen-bond donors (Lipinski definition) is 0. The van der Waals surface area contributed by atoms with Crippen molar-refractivity contribution in [1.29, 1.82) is 0 Å². The molecule has 2 fully saturated rings. The van der Waals surface area contributed by atoms with Crippen LogP contribution in [0.2, 0.25) is 15.1 Å². The highest BCUT2D eigenvalue weighted by molar-refractivity contribution is 6.36. The summed E-state index contributed by atoms with van der Waals surface area (Å²) in [6.45, 7) is 2.59. The van der Waals surface area contributed by atoms with Crippen molar-refractivity contribution < 1.29 is 9.59 Å². The maximum Gasteiger partial charge on any atom is 0.256 e. The summed E-state index contributed by atoms with van der Waals surface area (Å²) in [5.74, 6) is 0.465. The van der Waals surface area contributed by atoms with E-state index >= 15 is 0 Å². The molecule has 1 aliphatic carbocycles. The predicted molar refractivity (Wildman–Crippen MR) is 146 cm³/mol. The molecule has 10 heteroatoms. The second-order valence-corrected chi connectivity index (χ2v) is 10.5. The highest BCUT2D eigenvalue weighted by atomic mass is 35.5. The number of amides is 2. The maximum atomic E-state index is 13.3. The van der Waals surface area contributed by atoms with E-state index in [-0.39, 0.29) is 24.4 Å². The fraction of sp³-hybridized carbons (Fsp3) is 0.333. The molecule has 1 aromatic heterocycles. The molecule has 5 rings (SSSR count). The SMILES string of the molecule is O=C(CN(C(=O)c1ccc(Cl)cc1Cl)C1CC1)N1CCCN(c2ccc(-c3ccccc3Cl)nn2)CC1. The molecule has 1 saturated heterocycles. The number of nitrogens with zero attached hydrogens (tertiary/aromatic N) is 5. The number of halogens is 3. The minimum atomic E-state index is -0.233. The molecule has 0 bridgehead atoms. The van der Waals surface area contributed by atoms with Crippen molar-refractivity contribution in [3.05, 3.63) is 75.2 Å². The van der Waals surface area contributed by atoms with Crippen LogP contribution in [0.3, 0.4) is 0 Å². The van der Waals surface area contributed by atoms with E-state index in [4.69, 9.17) is 34.8 Å². The van der Waals surface area contributed by atoms with Crippen molar-refractivity contribution >= 4 is 52.4 Å². The van der Waals surface area contributed by atoms with Gasteiger partial charge in [0.1, 0.15) is 6.54 Å². The third-order valence-corrected chi connectivity index (χ3v) is 7.57. The largest absolute Gasteiger partial charge is 0.353 e. The van der Waals surface area contributed by atoms with E-state index in [9.17, 15) is 9.59 Å². The summed E-state index contributed by atoms with van der Waals surface area (Å²) in [4.78, 5) is 32.1. The quantitative estimate of drug-likeness (QED) is 0.403. The number of benzene rings is 2. The highest BCUT2D eigenvalue weighted by Crippen LogP contribution is 2.31. The molecule has 1 aliphatic heterocycles. The van der Waals surface area contributed by atoms with Crippen LogP contribution in [0.1, 0.15) is 29.6 Å². The van der Waals surface area contributed by atoms with Crippen LogP contribution in [0.15, 0.2) is 54.6 Å². The second-order valence-electron chi connectivity index (χ2n) is 9.27. The zero-order chi connectivity index (χ0) is 25.9. The average Bonchev–Trinajstić information content (AvgIpc) is 3.75. The number of rotatable bonds is 6. The summed E-state index contributed by atoms with van der Waals surface area (Å²) >= 11 is 18.6. The van der Waals surface area contributed by atoms with Crippen LogP contribution in [0.4, 0.5) is 5.82 Å². The number of carbonyl (C=O) groups is 2. The lowest BCUT2D eigenvalue weighted by Crippen LogP contribution is -2.45. The minimum Gasteiger partial charge on any atom is -0.353 e. The van der Waals surface area contributed by atoms with Crippen LogP contribution in [-0.2, 0) is 4.79 Å². The van der Waals surface area contributed by atoms with Crippen LogP contribution < -0.4 is 4.90 Å². The van der Waals surface area contributed by atoms with E-state index in [2.05, 4.69) is 15.1 Å². The van der Waals surface area contributed by atoms with Crippen molar-refractivity contribution in [2.75, 3.05) is 37.6 Å². The lowest BCUT2D eigenvalue weighted by atomic mass is 10.1. The standard InChI is InChI=1S/C27H26Cl3N5O2/c28-18-6-9-21(23(30)16-18)27(37)35(19-7-8-19)17-26(36)34-13-3-12-33(14-15-34)25-11-10-24(31-32-25)20-4-1-2-5-22(20)29/h1-2,4-6,9-11,16,19H,3,7-8,12-15,17H2. The molecule has 7 nitrogen and oxygen atoms in total. The molecule has 0 N–H and O–H groups in total. The highest BCUT2D eigenvalue weighted by Gasteiger charge is 2.36. The van der Waals surface area contributed by atoms with Crippen molar-refractivity contribution in [1.82, 2.24) is 20.0 Å². The monoisotopic (exact) mass is 557 g/mol. The number of carbonyl (C=O) groups excluding carboxylic acids is 2. The van der Waals surface area contributed by atoms with Crippen molar-refractivity contribution in [2.24, 2.45) is 0 Å². The van der Waals surface area contributed by atoms with Crippen LogP contribution in [0.5, 0.6) is 0 Å². The molecule has 0 atom stereocenters. The third-order valence-electron chi connectivity index (χ3n) is 6.69. The summed E-state index contributed by atoms with van der Waals surface area (Å²) in [7, 11) is 0. The first-order chi connectivity index (χ1) is 17.9. The Morgan fingerprint density at radius 1 is 0.892 bits per heavy atom. The summed E-state index contributed by atoms with van der Waals surface area (Å²) in [5, 5.41) is 10.2. The van der Waals surface area contributed by atoms with Gasteiger partial charge in [-0.2, -0.15) is 0 Å². The zero-order valence-corrected chi connectivity index (χ0v) is 22.4. The molecule has 0 spiro atoms. The van der Waals surface area contributed by atoms with E-state index in [0.29, 0.717) is 46.0 Å². The van der Waals surface area contributed by atoms with Crippen molar-refractivity contribution in [3.63, 3.8) is 0 Å². The molecule has 0 unspecified atom stereocenters. The first kappa shape index (κ1) is 25.8. The number of aromatic nitrogens is 2. The van der Waals surface area contributed by atoms with Gasteiger partial charge in [-0.05, 0) is 55.7 Å². The van der Waals surface area contributed by atoms with Gasteiger partial charge in [0.05, 0.1) is 21.3 Å². The van der Waals surface area contributed by atoms with Crippen LogP contribution >= 0.6 is 34.8 Å². The Labute approximate surface area is 230 Å². The molecule has 3 aromatic rings. The smallest absolute Gasteiger partial charge is 0.256 e. The maximum absolute atomic E-state index is 13.3. The van der Waals surface area contributed by atoms with Gasteiger partial charge >= 0.3 is 0 Å². The fourth-order valence-corrected chi connectivity index (χ4v) is 5.24. The second kappa shape index (κ2) is 11.3. The molecule has 2 aliphatic rings. The van der Waals surface area contributed by atoms with Gasteiger partial charge in [0, 0.05) is 42.8 Å². The molecular weight excluding hydrogens is 533 g/mol. The predicted octanol–water partition coefficient (Wildman–Crippen LogP) is 5.45. The van der Waals surface area contributed by atoms with Crippen LogP contribution in [0, 0.1) is 0 Å². The first-order valence-electron chi connectivity index (χ1n) is 12.3. The average molecular weight is 559 g/mol. The lowest BCUT2D eigenvalue weighted by Gasteiger charge is -2.27. The van der Waals surface area contributed by atoms with Crippen LogP contribution in [-0.4, -0.2) is 70.6 Å². The molecule has 192 valence electrons. The van der Waals surface area contributed by atoms with E-state index in [1.165, 1.54) is 0 Å². The van der Waals surface area contributed by atoms with Gasteiger partial charge in [0.2, 0.25) is 5.91 Å². The number of hydrogen-bond acceptors (Lipinski definition) is 5. The van der Waals surface area contributed by atoms with Gasteiger partial charge in [-0.1, -0.05) is 53.0 Å². The van der Waals surface area contributed by atoms with Gasteiger partial charge in [0.15, 0.2) is 5.82 Å². The molecule has 2 amide bonds. The summed E-state index contributed by atoms with van der Waals surface area (Å²) in [5.41, 5.74) is 1.92. The summed E-state index contributed by atoms with van der Waals surface area (Å²) < 4.78 is 0. The van der Waals surface area contributed by atoms with Gasteiger partial charge in [-0.3, -0.25) is 9.59 Å². The molecule has 2 heterocycles. The van der Waals surface area contributed by atoms with Crippen LogP contribution in [0.25, 0.3) is 11.3 Å². The van der Waals surface area contributed by atoms with E-state index in [1.54, 1.807) is 23.1 Å². The van der Waals surface area contributed by atoms with E-state index in [0.717, 1.165) is 37.2 Å².